The molecule has 1 amide bonds. The highest BCUT2D eigenvalue weighted by molar-refractivity contribution is 5.94. The smallest absolute Gasteiger partial charge is 0.251 e. The first kappa shape index (κ1) is 21.0. The van der Waals surface area contributed by atoms with Crippen LogP contribution in [0.5, 0.6) is 5.75 Å². The zero-order valence-corrected chi connectivity index (χ0v) is 15.9. The molecule has 25 heavy (non-hydrogen) atoms. The van der Waals surface area contributed by atoms with Gasteiger partial charge in [-0.25, -0.2) is 0 Å². The van der Waals surface area contributed by atoms with E-state index in [1.807, 2.05) is 30.3 Å². The Balaban J connectivity index is 0.00000312. The summed E-state index contributed by atoms with van der Waals surface area (Å²) >= 11 is 0. The lowest BCUT2D eigenvalue weighted by molar-refractivity contribution is 0.0947. The molecule has 0 bridgehead atoms. The number of benzene rings is 2. The van der Waals surface area contributed by atoms with Crippen molar-refractivity contribution < 1.29 is 9.53 Å². The van der Waals surface area contributed by atoms with E-state index in [-0.39, 0.29) is 23.7 Å². The van der Waals surface area contributed by atoms with Crippen LogP contribution in [0.3, 0.4) is 0 Å². The predicted molar refractivity (Wildman–Crippen MR) is 105 cm³/mol. The number of nitrogens with one attached hydrogen (secondary N) is 1. The van der Waals surface area contributed by atoms with Gasteiger partial charge in [-0.2, -0.15) is 0 Å². The zero-order valence-electron chi connectivity index (χ0n) is 15.0. The van der Waals surface area contributed by atoms with Crippen molar-refractivity contribution in [2.75, 3.05) is 13.2 Å². The maximum atomic E-state index is 12.1. The molecule has 136 valence electrons. The number of hydrogen-bond acceptors (Lipinski definition) is 3. The SMILES string of the molecule is CC(C)(C)c1ccccc1OCCNC(=O)c1ccc(CN)cc1.Cl. The van der Waals surface area contributed by atoms with Gasteiger partial charge in [0.25, 0.3) is 5.91 Å². The van der Waals surface area contributed by atoms with Crippen LogP contribution in [-0.2, 0) is 12.0 Å². The molecule has 4 nitrogen and oxygen atoms in total. The van der Waals surface area contributed by atoms with Crippen molar-refractivity contribution in [2.45, 2.75) is 32.7 Å². The standard InChI is InChI=1S/C20H26N2O2.ClH/c1-20(2,3)17-6-4-5-7-18(17)24-13-12-22-19(23)16-10-8-15(14-21)9-11-16;/h4-11H,12-14,21H2,1-3H3,(H,22,23);1H. The molecule has 0 aliphatic heterocycles. The summed E-state index contributed by atoms with van der Waals surface area (Å²) in [5, 5.41) is 2.87. The molecule has 0 aliphatic carbocycles. The predicted octanol–water partition coefficient (Wildman–Crippen LogP) is 3.67. The lowest BCUT2D eigenvalue weighted by Crippen LogP contribution is -2.28. The van der Waals surface area contributed by atoms with Gasteiger partial charge in [0.15, 0.2) is 0 Å². The van der Waals surface area contributed by atoms with E-state index in [0.717, 1.165) is 16.9 Å². The fourth-order valence-electron chi connectivity index (χ4n) is 2.43. The third kappa shape index (κ3) is 6.07. The fraction of sp³-hybridized carbons (Fsp3) is 0.350. The minimum Gasteiger partial charge on any atom is -0.491 e. The van der Waals surface area contributed by atoms with Crippen LogP contribution < -0.4 is 15.8 Å². The molecule has 2 rings (SSSR count). The Labute approximate surface area is 156 Å². The first-order valence-electron chi connectivity index (χ1n) is 8.21. The molecular formula is C20H27ClN2O2. The second-order valence-electron chi connectivity index (χ2n) is 6.75. The van der Waals surface area contributed by atoms with E-state index in [1.165, 1.54) is 0 Å². The van der Waals surface area contributed by atoms with Crippen LogP contribution in [0, 0.1) is 0 Å². The molecule has 0 aliphatic rings. The third-order valence-electron chi connectivity index (χ3n) is 3.79. The fourth-order valence-corrected chi connectivity index (χ4v) is 2.43. The Bertz CT molecular complexity index is 679. The summed E-state index contributed by atoms with van der Waals surface area (Å²) < 4.78 is 5.86. The first-order chi connectivity index (χ1) is 11.4. The van der Waals surface area contributed by atoms with E-state index in [1.54, 1.807) is 12.1 Å². The van der Waals surface area contributed by atoms with E-state index < -0.39 is 0 Å². The normalized spacial score (nSPS) is 10.7. The van der Waals surface area contributed by atoms with Gasteiger partial charge in [0.2, 0.25) is 0 Å². The summed E-state index contributed by atoms with van der Waals surface area (Å²) in [5.41, 5.74) is 8.37. The summed E-state index contributed by atoms with van der Waals surface area (Å²) in [7, 11) is 0. The number of nitrogens with two attached hydrogens (primary N) is 1. The minimum absolute atomic E-state index is 0. The summed E-state index contributed by atoms with van der Waals surface area (Å²) in [6.45, 7) is 7.82. The number of para-hydroxylation sites is 1. The van der Waals surface area contributed by atoms with Crippen LogP contribution in [0.1, 0.15) is 42.3 Å². The number of carbonyl (C=O) groups excluding carboxylic acids is 1. The van der Waals surface area contributed by atoms with Gasteiger partial charge in [-0.3, -0.25) is 4.79 Å². The van der Waals surface area contributed by atoms with Gasteiger partial charge in [0.05, 0.1) is 6.54 Å². The van der Waals surface area contributed by atoms with Gasteiger partial charge in [-0.15, -0.1) is 12.4 Å². The number of halogens is 1. The molecule has 0 fully saturated rings. The number of amides is 1. The van der Waals surface area contributed by atoms with Crippen molar-refractivity contribution in [1.82, 2.24) is 5.32 Å². The van der Waals surface area contributed by atoms with Crippen molar-refractivity contribution >= 4 is 18.3 Å². The molecule has 2 aromatic rings. The summed E-state index contributed by atoms with van der Waals surface area (Å²) in [6, 6.07) is 15.3. The van der Waals surface area contributed by atoms with Crippen molar-refractivity contribution in [1.29, 1.82) is 0 Å². The van der Waals surface area contributed by atoms with E-state index in [4.69, 9.17) is 10.5 Å². The second-order valence-corrected chi connectivity index (χ2v) is 6.75. The molecule has 0 radical (unpaired) electrons. The second kappa shape index (κ2) is 9.44. The number of carbonyl (C=O) groups is 1. The average Bonchev–Trinajstić information content (AvgIpc) is 2.58. The average molecular weight is 363 g/mol. The summed E-state index contributed by atoms with van der Waals surface area (Å²) in [4.78, 5) is 12.1. The molecule has 2 aromatic carbocycles. The van der Waals surface area contributed by atoms with Crippen molar-refractivity contribution in [3.63, 3.8) is 0 Å². The number of hydrogen-bond donors (Lipinski definition) is 2. The highest BCUT2D eigenvalue weighted by atomic mass is 35.5. The number of ether oxygens (including phenoxy) is 1. The number of rotatable bonds is 6. The van der Waals surface area contributed by atoms with Crippen LogP contribution in [-0.4, -0.2) is 19.1 Å². The van der Waals surface area contributed by atoms with Crippen molar-refractivity contribution in [3.8, 4) is 5.75 Å². The molecule has 0 spiro atoms. The third-order valence-corrected chi connectivity index (χ3v) is 3.79. The van der Waals surface area contributed by atoms with Gasteiger partial charge in [0.1, 0.15) is 12.4 Å². The molecule has 5 heteroatoms. The summed E-state index contributed by atoms with van der Waals surface area (Å²) in [5.74, 6) is 0.762. The Morgan fingerprint density at radius 1 is 1.08 bits per heavy atom. The molecule has 0 saturated heterocycles. The van der Waals surface area contributed by atoms with Crippen LogP contribution in [0.2, 0.25) is 0 Å². The van der Waals surface area contributed by atoms with Crippen LogP contribution in [0.15, 0.2) is 48.5 Å². The summed E-state index contributed by atoms with van der Waals surface area (Å²) in [6.07, 6.45) is 0. The largest absolute Gasteiger partial charge is 0.491 e. The molecule has 3 N–H and O–H groups in total. The Morgan fingerprint density at radius 3 is 2.32 bits per heavy atom. The van der Waals surface area contributed by atoms with E-state index in [0.29, 0.717) is 25.3 Å². The highest BCUT2D eigenvalue weighted by Crippen LogP contribution is 2.30. The minimum atomic E-state index is -0.105. The van der Waals surface area contributed by atoms with E-state index in [9.17, 15) is 4.79 Å². The molecule has 0 atom stereocenters. The van der Waals surface area contributed by atoms with Crippen LogP contribution in [0.25, 0.3) is 0 Å². The Hall–Kier alpha value is -2.04. The monoisotopic (exact) mass is 362 g/mol. The van der Waals surface area contributed by atoms with Gasteiger partial charge >= 0.3 is 0 Å². The maximum absolute atomic E-state index is 12.1. The van der Waals surface area contributed by atoms with E-state index >= 15 is 0 Å². The van der Waals surface area contributed by atoms with Crippen LogP contribution >= 0.6 is 12.4 Å². The van der Waals surface area contributed by atoms with E-state index in [2.05, 4.69) is 32.2 Å². The Kier molecular flexibility index (Phi) is 7.94. The van der Waals surface area contributed by atoms with Gasteiger partial charge < -0.3 is 15.8 Å². The lowest BCUT2D eigenvalue weighted by Gasteiger charge is -2.22. The molecule has 0 aromatic heterocycles. The van der Waals surface area contributed by atoms with Gasteiger partial charge in [0, 0.05) is 12.1 Å². The molecule has 0 heterocycles. The van der Waals surface area contributed by atoms with Crippen molar-refractivity contribution in [2.24, 2.45) is 5.73 Å². The quantitative estimate of drug-likeness (QED) is 0.770. The topological polar surface area (TPSA) is 64.3 Å². The van der Waals surface area contributed by atoms with Gasteiger partial charge in [-0.05, 0) is 34.7 Å². The van der Waals surface area contributed by atoms with Crippen molar-refractivity contribution in [3.05, 3.63) is 65.2 Å². The van der Waals surface area contributed by atoms with Crippen LogP contribution in [0.4, 0.5) is 0 Å². The molecular weight excluding hydrogens is 336 g/mol. The zero-order chi connectivity index (χ0) is 17.6. The first-order valence-corrected chi connectivity index (χ1v) is 8.21. The molecule has 0 saturated carbocycles. The lowest BCUT2D eigenvalue weighted by atomic mass is 9.86. The highest BCUT2D eigenvalue weighted by Gasteiger charge is 2.18. The molecule has 0 unspecified atom stereocenters. The maximum Gasteiger partial charge on any atom is 0.251 e. The van der Waals surface area contributed by atoms with Gasteiger partial charge in [-0.1, -0.05) is 51.1 Å². The Morgan fingerprint density at radius 2 is 1.72 bits per heavy atom.